The molecule has 7 nitrogen and oxygen atoms in total. The van der Waals surface area contributed by atoms with Gasteiger partial charge in [-0.05, 0) is 13.8 Å². The summed E-state index contributed by atoms with van der Waals surface area (Å²) in [6, 6.07) is 0. The van der Waals surface area contributed by atoms with Gasteiger partial charge >= 0.3 is 5.97 Å². The van der Waals surface area contributed by atoms with E-state index in [0.717, 1.165) is 0 Å². The maximum atomic E-state index is 12.1. The molecule has 0 N–H and O–H groups in total. The van der Waals surface area contributed by atoms with Crippen LogP contribution in [0.1, 0.15) is 36.2 Å². The summed E-state index contributed by atoms with van der Waals surface area (Å²) in [4.78, 5) is 34.7. The number of hydrogen-bond acceptors (Lipinski definition) is 6. The van der Waals surface area contributed by atoms with Crippen LogP contribution in [-0.4, -0.2) is 29.7 Å². The summed E-state index contributed by atoms with van der Waals surface area (Å²) in [5, 5.41) is -0.223. The predicted octanol–water partition coefficient (Wildman–Crippen LogP) is 1.27. The van der Waals surface area contributed by atoms with Crippen LogP contribution in [0.3, 0.4) is 0 Å². The first kappa shape index (κ1) is 15.7. The van der Waals surface area contributed by atoms with Crippen LogP contribution in [0, 0.1) is 0 Å². The summed E-state index contributed by atoms with van der Waals surface area (Å²) in [6.45, 7) is 3.33. The molecular formula is C13H14ClNO6. The van der Waals surface area contributed by atoms with E-state index in [0.29, 0.717) is 6.29 Å². The summed E-state index contributed by atoms with van der Waals surface area (Å²) in [5.41, 5.74) is -0.709. The van der Waals surface area contributed by atoms with Crippen molar-refractivity contribution in [3.05, 3.63) is 32.7 Å². The first-order valence-electron chi connectivity index (χ1n) is 6.34. The number of aromatic nitrogens is 1. The zero-order chi connectivity index (χ0) is 15.6. The number of nitrogens with zero attached hydrogens (tertiary/aromatic N) is 1. The number of pyridine rings is 1. The zero-order valence-corrected chi connectivity index (χ0v) is 12.3. The van der Waals surface area contributed by atoms with Crippen molar-refractivity contribution in [3.63, 3.8) is 0 Å². The van der Waals surface area contributed by atoms with Gasteiger partial charge in [-0.1, -0.05) is 11.6 Å². The number of esters is 1. The number of ether oxygens (including phenoxy) is 3. The molecule has 1 aromatic heterocycles. The highest BCUT2D eigenvalue weighted by Gasteiger charge is 2.34. The quantitative estimate of drug-likeness (QED) is 0.601. The number of carbonyl (C=O) groups is 2. The molecule has 1 aromatic rings. The van der Waals surface area contributed by atoms with Crippen molar-refractivity contribution in [1.82, 2.24) is 4.57 Å². The van der Waals surface area contributed by atoms with Crippen LogP contribution < -0.4 is 5.43 Å². The normalized spacial score (nSPS) is 20.7. The fourth-order valence-corrected chi connectivity index (χ4v) is 2.26. The van der Waals surface area contributed by atoms with Crippen LogP contribution in [-0.2, 0) is 25.5 Å². The standard InChI is InChI=1S/C13H14ClNO6/c1-3-19-12(18)8-6-15(4-5-16)10(9(14)11(8)17)13-20-7(2)21-13/h5-7,13H,3-4H2,1-2H3. The minimum Gasteiger partial charge on any atom is -0.462 e. The molecule has 1 aliphatic heterocycles. The highest BCUT2D eigenvalue weighted by Crippen LogP contribution is 2.34. The largest absolute Gasteiger partial charge is 0.462 e. The zero-order valence-electron chi connectivity index (χ0n) is 11.5. The van der Waals surface area contributed by atoms with Crippen molar-refractivity contribution in [2.75, 3.05) is 6.61 Å². The molecule has 0 radical (unpaired) electrons. The van der Waals surface area contributed by atoms with E-state index >= 15 is 0 Å². The summed E-state index contributed by atoms with van der Waals surface area (Å²) < 4.78 is 16.7. The summed E-state index contributed by atoms with van der Waals surface area (Å²) in [7, 11) is 0. The summed E-state index contributed by atoms with van der Waals surface area (Å²) in [5.74, 6) is -0.792. The first-order chi connectivity index (χ1) is 9.99. The van der Waals surface area contributed by atoms with E-state index in [-0.39, 0.29) is 29.4 Å². The molecule has 0 unspecified atom stereocenters. The number of hydrogen-bond donors (Lipinski definition) is 0. The molecule has 21 heavy (non-hydrogen) atoms. The molecule has 0 saturated carbocycles. The Balaban J connectivity index is 2.51. The number of rotatable bonds is 5. The monoisotopic (exact) mass is 315 g/mol. The van der Waals surface area contributed by atoms with E-state index in [4.69, 9.17) is 25.8 Å². The average molecular weight is 316 g/mol. The Morgan fingerprint density at radius 2 is 2.19 bits per heavy atom. The van der Waals surface area contributed by atoms with Crippen molar-refractivity contribution < 1.29 is 23.8 Å². The second-order valence-electron chi connectivity index (χ2n) is 4.28. The fraction of sp³-hybridized carbons (Fsp3) is 0.462. The Kier molecular flexibility index (Phi) is 4.76. The minimum absolute atomic E-state index is 0.0979. The lowest BCUT2D eigenvalue weighted by atomic mass is 10.2. The lowest BCUT2D eigenvalue weighted by Crippen LogP contribution is -2.36. The van der Waals surface area contributed by atoms with Crippen LogP contribution >= 0.6 is 11.6 Å². The van der Waals surface area contributed by atoms with E-state index in [2.05, 4.69) is 0 Å². The molecule has 0 aliphatic carbocycles. The maximum absolute atomic E-state index is 12.1. The van der Waals surface area contributed by atoms with Gasteiger partial charge in [0.05, 0.1) is 18.8 Å². The predicted molar refractivity (Wildman–Crippen MR) is 72.1 cm³/mol. The number of carbonyl (C=O) groups excluding carboxylic acids is 2. The SMILES string of the molecule is CCOC(=O)c1cn(CC=O)c(C2OC(C)O2)c(Cl)c1=O. The molecule has 0 atom stereocenters. The Hall–Kier alpha value is -1.70. The van der Waals surface area contributed by atoms with Crippen LogP contribution in [0.15, 0.2) is 11.0 Å². The van der Waals surface area contributed by atoms with Crippen molar-refractivity contribution >= 4 is 23.9 Å². The molecule has 2 heterocycles. The summed E-state index contributed by atoms with van der Waals surface area (Å²) in [6.07, 6.45) is 0.583. The van der Waals surface area contributed by atoms with E-state index in [9.17, 15) is 14.4 Å². The van der Waals surface area contributed by atoms with Gasteiger partial charge in [0.1, 0.15) is 16.9 Å². The highest BCUT2D eigenvalue weighted by atomic mass is 35.5. The Morgan fingerprint density at radius 1 is 1.52 bits per heavy atom. The molecule has 2 rings (SSSR count). The van der Waals surface area contributed by atoms with Gasteiger partial charge in [-0.15, -0.1) is 0 Å². The van der Waals surface area contributed by atoms with Crippen molar-refractivity contribution in [2.45, 2.75) is 33.0 Å². The van der Waals surface area contributed by atoms with Gasteiger partial charge in [-0.25, -0.2) is 4.79 Å². The van der Waals surface area contributed by atoms with E-state index in [1.54, 1.807) is 13.8 Å². The van der Waals surface area contributed by atoms with E-state index < -0.39 is 24.0 Å². The van der Waals surface area contributed by atoms with Crippen molar-refractivity contribution in [3.8, 4) is 0 Å². The van der Waals surface area contributed by atoms with Gasteiger partial charge in [0, 0.05) is 6.20 Å². The Labute approximate surface area is 125 Å². The van der Waals surface area contributed by atoms with Crippen LogP contribution in [0.2, 0.25) is 5.02 Å². The molecule has 8 heteroatoms. The van der Waals surface area contributed by atoms with Gasteiger partial charge in [0.2, 0.25) is 11.7 Å². The van der Waals surface area contributed by atoms with E-state index in [1.807, 2.05) is 0 Å². The maximum Gasteiger partial charge on any atom is 0.343 e. The van der Waals surface area contributed by atoms with Gasteiger partial charge in [-0.2, -0.15) is 0 Å². The highest BCUT2D eigenvalue weighted by molar-refractivity contribution is 6.31. The molecule has 0 spiro atoms. The van der Waals surface area contributed by atoms with Gasteiger partial charge in [-0.3, -0.25) is 4.79 Å². The van der Waals surface area contributed by atoms with Gasteiger partial charge < -0.3 is 23.6 Å². The average Bonchev–Trinajstić information content (AvgIpc) is 2.41. The van der Waals surface area contributed by atoms with Crippen molar-refractivity contribution in [1.29, 1.82) is 0 Å². The molecule has 0 aromatic carbocycles. The molecule has 0 bridgehead atoms. The Morgan fingerprint density at radius 3 is 2.71 bits per heavy atom. The number of halogens is 1. The second-order valence-corrected chi connectivity index (χ2v) is 4.66. The molecule has 1 saturated heterocycles. The third-order valence-electron chi connectivity index (χ3n) is 2.88. The smallest absolute Gasteiger partial charge is 0.343 e. The topological polar surface area (TPSA) is 83.8 Å². The van der Waals surface area contributed by atoms with Gasteiger partial charge in [0.15, 0.2) is 6.29 Å². The van der Waals surface area contributed by atoms with Crippen molar-refractivity contribution in [2.24, 2.45) is 0 Å². The molecule has 1 aliphatic rings. The summed E-state index contributed by atoms with van der Waals surface area (Å²) >= 11 is 6.02. The second kappa shape index (κ2) is 6.38. The third kappa shape index (κ3) is 2.99. The molecule has 114 valence electrons. The van der Waals surface area contributed by atoms with E-state index in [1.165, 1.54) is 10.8 Å². The lowest BCUT2D eigenvalue weighted by molar-refractivity contribution is -0.384. The Bertz CT molecular complexity index is 620. The minimum atomic E-state index is -0.837. The van der Waals surface area contributed by atoms with Crippen LogP contribution in [0.5, 0.6) is 0 Å². The number of aldehydes is 1. The lowest BCUT2D eigenvalue weighted by Gasteiger charge is -2.35. The van der Waals surface area contributed by atoms with Crippen LogP contribution in [0.4, 0.5) is 0 Å². The van der Waals surface area contributed by atoms with Gasteiger partial charge in [0.25, 0.3) is 0 Å². The molecule has 0 amide bonds. The molecular weight excluding hydrogens is 302 g/mol. The first-order valence-corrected chi connectivity index (χ1v) is 6.71. The molecule has 1 fully saturated rings. The fourth-order valence-electron chi connectivity index (χ4n) is 1.96. The third-order valence-corrected chi connectivity index (χ3v) is 3.25. The van der Waals surface area contributed by atoms with Crippen LogP contribution in [0.25, 0.3) is 0 Å².